The zero-order valence-corrected chi connectivity index (χ0v) is 14.7. The van der Waals surface area contributed by atoms with Gasteiger partial charge in [-0.1, -0.05) is 18.2 Å². The minimum atomic E-state index is -3.20. The smallest absolute Gasteiger partial charge is 0.312 e. The van der Waals surface area contributed by atoms with Crippen LogP contribution in [0.5, 0.6) is 0 Å². The van der Waals surface area contributed by atoms with Gasteiger partial charge in [-0.15, -0.1) is 0 Å². The standard InChI is InChI=1S/C16H21FN2O5S/c1-24-8-7-19(13-6-9-25(22,23)11-13)16(21)15(20)18-10-12-4-2-3-5-14(12)17/h2-5,13H,6-11H2,1H3,(H,18,20). The van der Waals surface area contributed by atoms with Gasteiger partial charge in [0.05, 0.1) is 18.1 Å². The molecule has 0 radical (unpaired) electrons. The molecule has 0 saturated carbocycles. The molecule has 0 aromatic heterocycles. The van der Waals surface area contributed by atoms with Gasteiger partial charge in [-0.05, 0) is 12.5 Å². The Morgan fingerprint density at radius 1 is 1.36 bits per heavy atom. The third kappa shape index (κ3) is 5.23. The van der Waals surface area contributed by atoms with E-state index in [-0.39, 0.29) is 36.8 Å². The predicted molar refractivity (Wildman–Crippen MR) is 88.9 cm³/mol. The normalized spacial score (nSPS) is 18.7. The zero-order valence-electron chi connectivity index (χ0n) is 13.9. The second kappa shape index (κ2) is 8.39. The summed E-state index contributed by atoms with van der Waals surface area (Å²) in [5, 5.41) is 2.38. The maximum atomic E-state index is 13.6. The molecule has 1 N–H and O–H groups in total. The first-order chi connectivity index (χ1) is 11.8. The molecule has 2 amide bonds. The number of hydrogen-bond acceptors (Lipinski definition) is 5. The van der Waals surface area contributed by atoms with Gasteiger partial charge in [0, 0.05) is 31.8 Å². The number of halogens is 1. The number of hydrogen-bond donors (Lipinski definition) is 1. The molecule has 25 heavy (non-hydrogen) atoms. The number of sulfone groups is 1. The second-order valence-electron chi connectivity index (χ2n) is 5.82. The first kappa shape index (κ1) is 19.3. The summed E-state index contributed by atoms with van der Waals surface area (Å²) in [6.07, 6.45) is 0.290. The number of rotatable bonds is 6. The van der Waals surface area contributed by atoms with Crippen molar-refractivity contribution in [3.05, 3.63) is 35.6 Å². The highest BCUT2D eigenvalue weighted by Gasteiger charge is 2.36. The quantitative estimate of drug-likeness (QED) is 0.715. The molecule has 0 bridgehead atoms. The van der Waals surface area contributed by atoms with Crippen molar-refractivity contribution in [1.29, 1.82) is 0 Å². The average molecular weight is 372 g/mol. The Labute approximate surface area is 146 Å². The lowest BCUT2D eigenvalue weighted by Gasteiger charge is -2.27. The van der Waals surface area contributed by atoms with Crippen LogP contribution in [-0.2, 0) is 30.7 Å². The summed E-state index contributed by atoms with van der Waals surface area (Å²) < 4.78 is 41.8. The van der Waals surface area contributed by atoms with Gasteiger partial charge in [-0.3, -0.25) is 9.59 Å². The van der Waals surface area contributed by atoms with Gasteiger partial charge in [-0.2, -0.15) is 0 Å². The van der Waals surface area contributed by atoms with Crippen LogP contribution in [0, 0.1) is 5.82 Å². The highest BCUT2D eigenvalue weighted by molar-refractivity contribution is 7.91. The Kier molecular flexibility index (Phi) is 6.49. The van der Waals surface area contributed by atoms with Crippen LogP contribution < -0.4 is 5.32 Å². The Hall–Kier alpha value is -2.00. The first-order valence-corrected chi connectivity index (χ1v) is 9.68. The number of carbonyl (C=O) groups is 2. The fourth-order valence-corrected chi connectivity index (χ4v) is 4.41. The lowest BCUT2D eigenvalue weighted by molar-refractivity contribution is -0.147. The van der Waals surface area contributed by atoms with Gasteiger partial charge >= 0.3 is 11.8 Å². The highest BCUT2D eigenvalue weighted by atomic mass is 32.2. The summed E-state index contributed by atoms with van der Waals surface area (Å²) in [4.78, 5) is 25.8. The average Bonchev–Trinajstić information content (AvgIpc) is 2.93. The molecule has 1 unspecified atom stereocenters. The lowest BCUT2D eigenvalue weighted by atomic mass is 10.2. The summed E-state index contributed by atoms with van der Waals surface area (Å²) in [6.45, 7) is 0.170. The van der Waals surface area contributed by atoms with Crippen LogP contribution in [0.2, 0.25) is 0 Å². The van der Waals surface area contributed by atoms with E-state index < -0.39 is 33.5 Å². The molecule has 1 saturated heterocycles. The molecular weight excluding hydrogens is 351 g/mol. The maximum Gasteiger partial charge on any atom is 0.312 e. The van der Waals surface area contributed by atoms with Crippen molar-refractivity contribution >= 4 is 21.7 Å². The predicted octanol–water partition coefficient (Wildman–Crippen LogP) is 0.104. The highest BCUT2D eigenvalue weighted by Crippen LogP contribution is 2.18. The van der Waals surface area contributed by atoms with E-state index in [1.165, 1.54) is 30.2 Å². The van der Waals surface area contributed by atoms with Gasteiger partial charge < -0.3 is 15.0 Å². The topological polar surface area (TPSA) is 92.8 Å². The summed E-state index contributed by atoms with van der Waals surface area (Å²) in [5.41, 5.74) is 0.260. The van der Waals surface area contributed by atoms with Crippen molar-refractivity contribution in [3.63, 3.8) is 0 Å². The monoisotopic (exact) mass is 372 g/mol. The molecule has 1 heterocycles. The van der Waals surface area contributed by atoms with Crippen LogP contribution in [0.15, 0.2) is 24.3 Å². The molecule has 0 aliphatic carbocycles. The summed E-state index contributed by atoms with van der Waals surface area (Å²) in [5.74, 6) is -2.39. The molecule has 1 fully saturated rings. The molecule has 1 aliphatic heterocycles. The van der Waals surface area contributed by atoms with E-state index in [4.69, 9.17) is 4.74 Å². The number of carbonyl (C=O) groups excluding carboxylic acids is 2. The van der Waals surface area contributed by atoms with Crippen LogP contribution in [0.1, 0.15) is 12.0 Å². The summed E-state index contributed by atoms with van der Waals surface area (Å²) in [6, 6.07) is 5.37. The van der Waals surface area contributed by atoms with Crippen molar-refractivity contribution in [3.8, 4) is 0 Å². The van der Waals surface area contributed by atoms with Gasteiger partial charge in [0.15, 0.2) is 9.84 Å². The minimum absolute atomic E-state index is 0.00866. The molecule has 2 rings (SSSR count). The number of nitrogens with one attached hydrogen (secondary N) is 1. The van der Waals surface area contributed by atoms with Gasteiger partial charge in [0.2, 0.25) is 0 Å². The Morgan fingerprint density at radius 2 is 2.08 bits per heavy atom. The second-order valence-corrected chi connectivity index (χ2v) is 8.05. The molecule has 1 aliphatic rings. The van der Waals surface area contributed by atoms with Crippen molar-refractivity contribution in [2.24, 2.45) is 0 Å². The van der Waals surface area contributed by atoms with E-state index in [1.54, 1.807) is 6.07 Å². The van der Waals surface area contributed by atoms with E-state index in [2.05, 4.69) is 5.32 Å². The maximum absolute atomic E-state index is 13.6. The molecular formula is C16H21FN2O5S. The summed E-state index contributed by atoms with van der Waals surface area (Å²) >= 11 is 0. The third-order valence-corrected chi connectivity index (χ3v) is 5.79. The Bertz CT molecular complexity index is 738. The van der Waals surface area contributed by atoms with Crippen molar-refractivity contribution < 1.29 is 27.1 Å². The van der Waals surface area contributed by atoms with Crippen molar-refractivity contribution in [1.82, 2.24) is 10.2 Å². The van der Waals surface area contributed by atoms with E-state index in [0.29, 0.717) is 6.42 Å². The minimum Gasteiger partial charge on any atom is -0.383 e. The number of benzene rings is 1. The fourth-order valence-electron chi connectivity index (χ4n) is 2.68. The summed E-state index contributed by atoms with van der Waals surface area (Å²) in [7, 11) is -1.75. The molecule has 0 spiro atoms. The molecule has 1 aromatic carbocycles. The first-order valence-electron chi connectivity index (χ1n) is 7.85. The van der Waals surface area contributed by atoms with Gasteiger partial charge in [0.25, 0.3) is 0 Å². The number of amides is 2. The zero-order chi connectivity index (χ0) is 18.4. The SMILES string of the molecule is COCCN(C(=O)C(=O)NCc1ccccc1F)C1CCS(=O)(=O)C1. The number of ether oxygens (including phenoxy) is 1. The third-order valence-electron chi connectivity index (χ3n) is 4.04. The van der Waals surface area contributed by atoms with Crippen LogP contribution in [0.4, 0.5) is 4.39 Å². The molecule has 1 aromatic rings. The van der Waals surface area contributed by atoms with Crippen LogP contribution in [-0.4, -0.2) is 62.9 Å². The van der Waals surface area contributed by atoms with E-state index in [1.807, 2.05) is 0 Å². The van der Waals surface area contributed by atoms with Crippen LogP contribution in [0.3, 0.4) is 0 Å². The number of nitrogens with zero attached hydrogens (tertiary/aromatic N) is 1. The molecule has 7 nitrogen and oxygen atoms in total. The van der Waals surface area contributed by atoms with Crippen molar-refractivity contribution in [2.45, 2.75) is 19.0 Å². The van der Waals surface area contributed by atoms with E-state index in [0.717, 1.165) is 0 Å². The van der Waals surface area contributed by atoms with Gasteiger partial charge in [0.1, 0.15) is 5.82 Å². The molecule has 9 heteroatoms. The number of methoxy groups -OCH3 is 1. The van der Waals surface area contributed by atoms with Gasteiger partial charge in [-0.25, -0.2) is 12.8 Å². The molecule has 1 atom stereocenters. The fraction of sp³-hybridized carbons (Fsp3) is 0.500. The Morgan fingerprint density at radius 3 is 2.68 bits per heavy atom. The largest absolute Gasteiger partial charge is 0.383 e. The van der Waals surface area contributed by atoms with E-state index in [9.17, 15) is 22.4 Å². The lowest BCUT2D eigenvalue weighted by Crippen LogP contribution is -2.49. The molecule has 138 valence electrons. The van der Waals surface area contributed by atoms with Crippen LogP contribution >= 0.6 is 0 Å². The Balaban J connectivity index is 2.02. The van der Waals surface area contributed by atoms with E-state index >= 15 is 0 Å². The van der Waals surface area contributed by atoms with Crippen LogP contribution in [0.25, 0.3) is 0 Å². The van der Waals surface area contributed by atoms with Crippen molar-refractivity contribution in [2.75, 3.05) is 31.8 Å².